The van der Waals surface area contributed by atoms with E-state index in [0.29, 0.717) is 18.1 Å². The molecule has 1 atom stereocenters. The Hall–Kier alpha value is -1.87. The smallest absolute Gasteiger partial charge is 0.233 e. The molecule has 1 amide bonds. The fraction of sp³-hybridized carbons (Fsp3) is 0.500. The number of carbonyl (C=O) groups excluding carboxylic acids is 1. The topological polar surface area (TPSA) is 85.2 Å². The van der Waals surface area contributed by atoms with Crippen LogP contribution < -0.4 is 0 Å². The Morgan fingerprint density at radius 3 is 2.74 bits per heavy atom. The fourth-order valence-corrected chi connectivity index (χ4v) is 5.98. The summed E-state index contributed by atoms with van der Waals surface area (Å²) in [4.78, 5) is 14.4. The number of carbonyl (C=O) groups is 1. The molecule has 1 fully saturated rings. The van der Waals surface area contributed by atoms with Crippen molar-refractivity contribution in [3.8, 4) is 5.69 Å². The summed E-state index contributed by atoms with van der Waals surface area (Å²) in [5, 5.41) is 9.01. The molecule has 7 nitrogen and oxygen atoms in total. The van der Waals surface area contributed by atoms with Crippen molar-refractivity contribution >= 4 is 27.5 Å². The lowest BCUT2D eigenvalue weighted by Gasteiger charge is -2.26. The summed E-state index contributed by atoms with van der Waals surface area (Å²) >= 11 is 1.33. The maximum absolute atomic E-state index is 12.7. The second kappa shape index (κ2) is 8.02. The van der Waals surface area contributed by atoms with Gasteiger partial charge in [-0.05, 0) is 44.9 Å². The molecule has 0 unspecified atom stereocenters. The highest BCUT2D eigenvalue weighted by Crippen LogP contribution is 2.24. The molecule has 1 aliphatic heterocycles. The van der Waals surface area contributed by atoms with Crippen LogP contribution in [0.4, 0.5) is 0 Å². The van der Waals surface area contributed by atoms with Gasteiger partial charge in [-0.3, -0.25) is 9.36 Å². The molecule has 1 aromatic heterocycles. The first-order chi connectivity index (χ1) is 12.8. The minimum Gasteiger partial charge on any atom is -0.338 e. The first-order valence-corrected chi connectivity index (χ1v) is 11.7. The van der Waals surface area contributed by atoms with Crippen molar-refractivity contribution in [2.24, 2.45) is 0 Å². The molecule has 1 aromatic carbocycles. The third-order valence-electron chi connectivity index (χ3n) is 4.69. The van der Waals surface area contributed by atoms with E-state index in [4.69, 9.17) is 0 Å². The number of aromatic nitrogens is 3. The molecule has 146 valence electrons. The van der Waals surface area contributed by atoms with E-state index in [0.717, 1.165) is 17.1 Å². The molecule has 0 aliphatic carbocycles. The van der Waals surface area contributed by atoms with Crippen LogP contribution in [0.1, 0.15) is 24.7 Å². The lowest BCUT2D eigenvalue weighted by Crippen LogP contribution is -2.42. The lowest BCUT2D eigenvalue weighted by molar-refractivity contribution is -0.129. The number of aryl methyl sites for hydroxylation is 2. The number of hydrogen-bond donors (Lipinski definition) is 0. The van der Waals surface area contributed by atoms with Gasteiger partial charge >= 0.3 is 0 Å². The van der Waals surface area contributed by atoms with Gasteiger partial charge in [0.05, 0.1) is 17.3 Å². The van der Waals surface area contributed by atoms with E-state index in [-0.39, 0.29) is 29.2 Å². The highest BCUT2D eigenvalue weighted by Gasteiger charge is 2.33. The first-order valence-electron chi connectivity index (χ1n) is 8.92. The van der Waals surface area contributed by atoms with Crippen molar-refractivity contribution in [1.82, 2.24) is 19.7 Å². The zero-order valence-electron chi connectivity index (χ0n) is 15.8. The van der Waals surface area contributed by atoms with Crippen LogP contribution in [0.15, 0.2) is 29.4 Å². The Kier molecular flexibility index (Phi) is 5.90. The third kappa shape index (κ3) is 4.52. The van der Waals surface area contributed by atoms with Gasteiger partial charge in [0, 0.05) is 18.3 Å². The Bertz CT molecular complexity index is 940. The molecular weight excluding hydrogens is 384 g/mol. The van der Waals surface area contributed by atoms with Crippen LogP contribution in [0.2, 0.25) is 0 Å². The highest BCUT2D eigenvalue weighted by molar-refractivity contribution is 7.99. The molecule has 2 heterocycles. The summed E-state index contributed by atoms with van der Waals surface area (Å²) in [6, 6.07) is 7.81. The zero-order valence-corrected chi connectivity index (χ0v) is 17.4. The molecular formula is C18H24N4O3S2. The van der Waals surface area contributed by atoms with Gasteiger partial charge in [0.2, 0.25) is 5.91 Å². The second-order valence-electron chi connectivity index (χ2n) is 6.73. The second-order valence-corrected chi connectivity index (χ2v) is 9.90. The summed E-state index contributed by atoms with van der Waals surface area (Å²) in [6.45, 7) is 6.29. The van der Waals surface area contributed by atoms with Gasteiger partial charge < -0.3 is 4.90 Å². The van der Waals surface area contributed by atoms with E-state index < -0.39 is 9.84 Å². The molecule has 0 bridgehead atoms. The van der Waals surface area contributed by atoms with Crippen molar-refractivity contribution < 1.29 is 13.2 Å². The maximum Gasteiger partial charge on any atom is 0.233 e. The van der Waals surface area contributed by atoms with Crippen LogP contribution in [0.3, 0.4) is 0 Å². The average Bonchev–Trinajstić information content (AvgIpc) is 3.16. The quantitative estimate of drug-likeness (QED) is 0.680. The number of nitrogens with zero attached hydrogens (tertiary/aromatic N) is 4. The predicted octanol–water partition coefficient (Wildman–Crippen LogP) is 2.01. The normalized spacial score (nSPS) is 18.6. The van der Waals surface area contributed by atoms with E-state index in [9.17, 15) is 13.2 Å². The van der Waals surface area contributed by atoms with Crippen molar-refractivity contribution in [1.29, 1.82) is 0 Å². The Balaban J connectivity index is 1.72. The van der Waals surface area contributed by atoms with Crippen LogP contribution in [0.25, 0.3) is 5.69 Å². The average molecular weight is 409 g/mol. The largest absolute Gasteiger partial charge is 0.338 e. The molecule has 9 heteroatoms. The first kappa shape index (κ1) is 19.9. The monoisotopic (exact) mass is 408 g/mol. The summed E-state index contributed by atoms with van der Waals surface area (Å²) in [5.41, 5.74) is 2.09. The maximum atomic E-state index is 12.7. The minimum atomic E-state index is -3.02. The van der Waals surface area contributed by atoms with Crippen LogP contribution in [-0.4, -0.2) is 63.8 Å². The number of thioether (sulfide) groups is 1. The van der Waals surface area contributed by atoms with Crippen molar-refractivity contribution in [3.05, 3.63) is 35.7 Å². The van der Waals surface area contributed by atoms with Crippen molar-refractivity contribution in [3.63, 3.8) is 0 Å². The fourth-order valence-electron chi connectivity index (χ4n) is 3.37. The van der Waals surface area contributed by atoms with Crippen molar-refractivity contribution in [2.45, 2.75) is 38.4 Å². The summed E-state index contributed by atoms with van der Waals surface area (Å²) in [7, 11) is -3.02. The Morgan fingerprint density at radius 2 is 2.11 bits per heavy atom. The number of benzene rings is 1. The van der Waals surface area contributed by atoms with E-state index in [2.05, 4.69) is 10.2 Å². The van der Waals surface area contributed by atoms with Crippen molar-refractivity contribution in [2.75, 3.05) is 23.8 Å². The van der Waals surface area contributed by atoms with Gasteiger partial charge in [-0.1, -0.05) is 23.9 Å². The van der Waals surface area contributed by atoms with Crippen LogP contribution in [0.5, 0.6) is 0 Å². The molecule has 0 radical (unpaired) electrons. The zero-order chi connectivity index (χ0) is 19.6. The SMILES string of the molecule is CCN(C(=O)CSc1nnc(C)n1-c1cccc(C)c1)[C@@H]1CCS(=O)(=O)C1. The Morgan fingerprint density at radius 1 is 1.33 bits per heavy atom. The van der Waals surface area contributed by atoms with E-state index in [1.807, 2.05) is 49.6 Å². The number of rotatable bonds is 6. The van der Waals surface area contributed by atoms with Gasteiger partial charge in [-0.25, -0.2) is 8.42 Å². The van der Waals surface area contributed by atoms with Gasteiger partial charge in [-0.15, -0.1) is 10.2 Å². The van der Waals surface area contributed by atoms with E-state index >= 15 is 0 Å². The predicted molar refractivity (Wildman–Crippen MR) is 106 cm³/mol. The Labute approximate surface area is 164 Å². The lowest BCUT2D eigenvalue weighted by atomic mass is 10.2. The molecule has 0 spiro atoms. The molecule has 0 saturated carbocycles. The molecule has 27 heavy (non-hydrogen) atoms. The highest BCUT2D eigenvalue weighted by atomic mass is 32.2. The number of sulfone groups is 1. The molecule has 2 aromatic rings. The van der Waals surface area contributed by atoms with Crippen LogP contribution >= 0.6 is 11.8 Å². The third-order valence-corrected chi connectivity index (χ3v) is 7.35. The van der Waals surface area contributed by atoms with Gasteiger partial charge in [0.25, 0.3) is 0 Å². The van der Waals surface area contributed by atoms with Crippen LogP contribution in [0, 0.1) is 13.8 Å². The summed E-state index contributed by atoms with van der Waals surface area (Å²) < 4.78 is 25.4. The van der Waals surface area contributed by atoms with Crippen LogP contribution in [-0.2, 0) is 14.6 Å². The standard InChI is InChI=1S/C18H24N4O3S2/c1-4-21(16-8-9-27(24,25)12-16)17(23)11-26-18-20-19-14(3)22(18)15-7-5-6-13(2)10-15/h5-7,10,16H,4,8-9,11-12H2,1-3H3/t16-/m1/s1. The molecule has 1 saturated heterocycles. The molecule has 0 N–H and O–H groups in total. The molecule has 1 aliphatic rings. The van der Waals surface area contributed by atoms with Gasteiger partial charge in [0.1, 0.15) is 5.82 Å². The summed E-state index contributed by atoms with van der Waals surface area (Å²) in [6.07, 6.45) is 0.519. The number of hydrogen-bond acceptors (Lipinski definition) is 6. The summed E-state index contributed by atoms with van der Waals surface area (Å²) in [5.74, 6) is 1.12. The number of amides is 1. The van der Waals surface area contributed by atoms with E-state index in [1.165, 1.54) is 11.8 Å². The minimum absolute atomic E-state index is 0.0653. The van der Waals surface area contributed by atoms with Gasteiger partial charge in [-0.2, -0.15) is 0 Å². The van der Waals surface area contributed by atoms with Gasteiger partial charge in [0.15, 0.2) is 15.0 Å². The molecule has 3 rings (SSSR count). The van der Waals surface area contributed by atoms with E-state index in [1.54, 1.807) is 4.90 Å².